The molecule has 0 unspecified atom stereocenters. The lowest BCUT2D eigenvalue weighted by molar-refractivity contribution is -0.139. The molecule has 0 bridgehead atoms. The molecule has 0 saturated carbocycles. The van der Waals surface area contributed by atoms with Crippen molar-refractivity contribution in [1.29, 1.82) is 0 Å². The highest BCUT2D eigenvalue weighted by atomic mass is 35.5. The standard InChI is InChI=1S/C29H30Cl4N2O2S/c1-19(2)15-34-29(37)27(14-20-8-4-3-5-9-20)35(16-21-23(30)10-6-11-24(21)31)28(36)18-38-17-22-25(32)12-7-13-26(22)33/h3-13,19,27H,14-18H2,1-2H3,(H,34,37)/t27-/m1/s1. The van der Waals surface area contributed by atoms with Gasteiger partial charge in [-0.3, -0.25) is 9.59 Å². The molecule has 1 N–H and O–H groups in total. The normalized spacial score (nSPS) is 11.9. The van der Waals surface area contributed by atoms with Gasteiger partial charge in [0.2, 0.25) is 11.8 Å². The quantitative estimate of drug-likeness (QED) is 0.226. The van der Waals surface area contributed by atoms with Crippen LogP contribution in [0.2, 0.25) is 20.1 Å². The van der Waals surface area contributed by atoms with E-state index in [4.69, 9.17) is 46.4 Å². The molecule has 3 aromatic carbocycles. The molecule has 202 valence electrons. The van der Waals surface area contributed by atoms with Crippen molar-refractivity contribution in [3.05, 3.63) is 104 Å². The highest BCUT2D eigenvalue weighted by Gasteiger charge is 2.31. The van der Waals surface area contributed by atoms with Gasteiger partial charge < -0.3 is 10.2 Å². The third-order valence-electron chi connectivity index (χ3n) is 5.88. The van der Waals surface area contributed by atoms with Crippen LogP contribution in [0.4, 0.5) is 0 Å². The van der Waals surface area contributed by atoms with Gasteiger partial charge in [-0.15, -0.1) is 11.8 Å². The molecule has 0 radical (unpaired) electrons. The average molecular weight is 612 g/mol. The van der Waals surface area contributed by atoms with Crippen LogP contribution in [0.5, 0.6) is 0 Å². The second kappa shape index (κ2) is 15.0. The van der Waals surface area contributed by atoms with Gasteiger partial charge in [-0.05, 0) is 41.3 Å². The number of hydrogen-bond acceptors (Lipinski definition) is 3. The molecule has 0 heterocycles. The van der Waals surface area contributed by atoms with E-state index in [1.165, 1.54) is 11.8 Å². The summed E-state index contributed by atoms with van der Waals surface area (Å²) in [6, 6.07) is 19.4. The van der Waals surface area contributed by atoms with E-state index in [1.54, 1.807) is 41.3 Å². The lowest BCUT2D eigenvalue weighted by Crippen LogP contribution is -2.51. The number of benzene rings is 3. The summed E-state index contributed by atoms with van der Waals surface area (Å²) in [5, 5.41) is 4.98. The van der Waals surface area contributed by atoms with Gasteiger partial charge >= 0.3 is 0 Å². The first kappa shape index (κ1) is 30.6. The first-order valence-electron chi connectivity index (χ1n) is 12.2. The number of nitrogens with one attached hydrogen (secondary N) is 1. The maximum absolute atomic E-state index is 13.8. The molecule has 0 aliphatic carbocycles. The number of carbonyl (C=O) groups excluding carboxylic acids is 2. The maximum atomic E-state index is 13.8. The predicted molar refractivity (Wildman–Crippen MR) is 161 cm³/mol. The monoisotopic (exact) mass is 610 g/mol. The van der Waals surface area contributed by atoms with Crippen LogP contribution in [-0.2, 0) is 28.3 Å². The fourth-order valence-corrected chi connectivity index (χ4v) is 5.99. The molecular formula is C29H30Cl4N2O2S. The highest BCUT2D eigenvalue weighted by Crippen LogP contribution is 2.30. The zero-order chi connectivity index (χ0) is 27.7. The molecule has 2 amide bonds. The minimum Gasteiger partial charge on any atom is -0.354 e. The van der Waals surface area contributed by atoms with Crippen LogP contribution in [-0.4, -0.2) is 35.1 Å². The molecule has 38 heavy (non-hydrogen) atoms. The van der Waals surface area contributed by atoms with Crippen LogP contribution in [0, 0.1) is 5.92 Å². The second-order valence-electron chi connectivity index (χ2n) is 9.26. The minimum absolute atomic E-state index is 0.0946. The summed E-state index contributed by atoms with van der Waals surface area (Å²) in [5.41, 5.74) is 2.30. The molecular weight excluding hydrogens is 582 g/mol. The number of rotatable bonds is 12. The van der Waals surface area contributed by atoms with Crippen molar-refractivity contribution in [1.82, 2.24) is 10.2 Å². The number of nitrogens with zero attached hydrogens (tertiary/aromatic N) is 1. The Morgan fingerprint density at radius 3 is 1.92 bits per heavy atom. The average Bonchev–Trinajstić information content (AvgIpc) is 2.88. The third kappa shape index (κ3) is 8.82. The van der Waals surface area contributed by atoms with E-state index >= 15 is 0 Å². The molecule has 0 aromatic heterocycles. The van der Waals surface area contributed by atoms with Crippen molar-refractivity contribution >= 4 is 70.0 Å². The number of carbonyl (C=O) groups is 2. The summed E-state index contributed by atoms with van der Waals surface area (Å²) in [7, 11) is 0. The van der Waals surface area contributed by atoms with Crippen LogP contribution < -0.4 is 5.32 Å². The smallest absolute Gasteiger partial charge is 0.243 e. The SMILES string of the molecule is CC(C)CNC(=O)[C@@H](Cc1ccccc1)N(Cc1c(Cl)cccc1Cl)C(=O)CSCc1c(Cl)cccc1Cl. The lowest BCUT2D eigenvalue weighted by Gasteiger charge is -2.32. The fraction of sp³-hybridized carbons (Fsp3) is 0.310. The topological polar surface area (TPSA) is 49.4 Å². The molecule has 3 rings (SSSR count). The van der Waals surface area contributed by atoms with Crippen LogP contribution in [0.3, 0.4) is 0 Å². The van der Waals surface area contributed by atoms with E-state index in [-0.39, 0.29) is 30.0 Å². The highest BCUT2D eigenvalue weighted by molar-refractivity contribution is 7.99. The Balaban J connectivity index is 1.91. The molecule has 3 aromatic rings. The first-order valence-corrected chi connectivity index (χ1v) is 14.9. The summed E-state index contributed by atoms with van der Waals surface area (Å²) in [6.45, 7) is 4.64. The lowest BCUT2D eigenvalue weighted by atomic mass is 10.0. The van der Waals surface area contributed by atoms with Crippen LogP contribution in [0.25, 0.3) is 0 Å². The molecule has 4 nitrogen and oxygen atoms in total. The first-order chi connectivity index (χ1) is 18.2. The van der Waals surface area contributed by atoms with Crippen LogP contribution >= 0.6 is 58.2 Å². The van der Waals surface area contributed by atoms with E-state index in [1.807, 2.05) is 44.2 Å². The summed E-state index contributed by atoms with van der Waals surface area (Å²) >= 11 is 27.0. The Kier molecular flexibility index (Phi) is 12.1. The Morgan fingerprint density at radius 2 is 1.37 bits per heavy atom. The molecule has 9 heteroatoms. The number of hydrogen-bond donors (Lipinski definition) is 1. The molecule has 0 spiro atoms. The Bertz CT molecular complexity index is 1200. The van der Waals surface area contributed by atoms with Crippen molar-refractivity contribution in [2.24, 2.45) is 5.92 Å². The summed E-state index contributed by atoms with van der Waals surface area (Å²) in [6.07, 6.45) is 0.347. The predicted octanol–water partition coefficient (Wildman–Crippen LogP) is 7.95. The Morgan fingerprint density at radius 1 is 0.816 bits per heavy atom. The van der Waals surface area contributed by atoms with Crippen molar-refractivity contribution in [3.8, 4) is 0 Å². The zero-order valence-corrected chi connectivity index (χ0v) is 25.1. The number of halogens is 4. The van der Waals surface area contributed by atoms with E-state index in [0.717, 1.165) is 11.1 Å². The number of amides is 2. The van der Waals surface area contributed by atoms with E-state index in [2.05, 4.69) is 5.32 Å². The van der Waals surface area contributed by atoms with Gasteiger partial charge in [0, 0.05) is 50.9 Å². The summed E-state index contributed by atoms with van der Waals surface area (Å²) < 4.78 is 0. The third-order valence-corrected chi connectivity index (χ3v) is 8.24. The Hall–Kier alpha value is -1.89. The maximum Gasteiger partial charge on any atom is 0.243 e. The van der Waals surface area contributed by atoms with Gasteiger partial charge in [0.1, 0.15) is 6.04 Å². The van der Waals surface area contributed by atoms with Crippen molar-refractivity contribution in [2.45, 2.75) is 38.6 Å². The number of thioether (sulfide) groups is 1. The second-order valence-corrected chi connectivity index (χ2v) is 11.9. The molecule has 0 saturated heterocycles. The molecule has 1 atom stereocenters. The fourth-order valence-electron chi connectivity index (χ4n) is 3.82. The molecule has 0 aliphatic heterocycles. The molecule has 0 aliphatic rings. The van der Waals surface area contributed by atoms with E-state index in [9.17, 15) is 9.59 Å². The van der Waals surface area contributed by atoms with Crippen molar-refractivity contribution in [3.63, 3.8) is 0 Å². The van der Waals surface area contributed by atoms with Crippen molar-refractivity contribution < 1.29 is 9.59 Å². The zero-order valence-electron chi connectivity index (χ0n) is 21.2. The van der Waals surface area contributed by atoms with Gasteiger partial charge in [-0.25, -0.2) is 0 Å². The summed E-state index contributed by atoms with van der Waals surface area (Å²) in [5.74, 6) is 0.391. The molecule has 0 fully saturated rings. The summed E-state index contributed by atoms with van der Waals surface area (Å²) in [4.78, 5) is 28.9. The van der Waals surface area contributed by atoms with E-state index in [0.29, 0.717) is 44.4 Å². The van der Waals surface area contributed by atoms with Gasteiger partial charge in [0.15, 0.2) is 0 Å². The van der Waals surface area contributed by atoms with E-state index < -0.39 is 6.04 Å². The van der Waals surface area contributed by atoms with Gasteiger partial charge in [0.05, 0.1) is 5.75 Å². The van der Waals surface area contributed by atoms with Gasteiger partial charge in [0.25, 0.3) is 0 Å². The van der Waals surface area contributed by atoms with Gasteiger partial charge in [-0.1, -0.05) is 103 Å². The van der Waals surface area contributed by atoms with Crippen LogP contribution in [0.15, 0.2) is 66.7 Å². The van der Waals surface area contributed by atoms with Crippen molar-refractivity contribution in [2.75, 3.05) is 12.3 Å². The minimum atomic E-state index is -0.763. The Labute approximate surface area is 249 Å². The largest absolute Gasteiger partial charge is 0.354 e. The van der Waals surface area contributed by atoms with Gasteiger partial charge in [-0.2, -0.15) is 0 Å². The van der Waals surface area contributed by atoms with Crippen LogP contribution in [0.1, 0.15) is 30.5 Å².